The Hall–Kier alpha value is -1.29. The van der Waals surface area contributed by atoms with Crippen molar-refractivity contribution in [2.45, 2.75) is 13.8 Å². The molecule has 0 unspecified atom stereocenters. The molecular weight excluding hydrogens is 311 g/mol. The molecule has 0 radical (unpaired) electrons. The Kier molecular flexibility index (Phi) is 4.86. The van der Waals surface area contributed by atoms with Crippen molar-refractivity contribution in [1.29, 1.82) is 0 Å². The number of nitrogens with one attached hydrogen (secondary N) is 2. The zero-order chi connectivity index (χ0) is 14.7. The SMILES string of the molecule is Cc1cccc(C)c1NC(=S)Nc1cc(Cl)cc(Cl)c1. The van der Waals surface area contributed by atoms with E-state index in [0.29, 0.717) is 15.2 Å². The zero-order valence-corrected chi connectivity index (χ0v) is 13.5. The Morgan fingerprint density at radius 2 is 1.50 bits per heavy atom. The highest BCUT2D eigenvalue weighted by molar-refractivity contribution is 7.80. The van der Waals surface area contributed by atoms with E-state index in [4.69, 9.17) is 35.4 Å². The Balaban J connectivity index is 2.13. The number of aryl methyl sites for hydroxylation is 2. The van der Waals surface area contributed by atoms with Gasteiger partial charge < -0.3 is 10.6 Å². The van der Waals surface area contributed by atoms with Gasteiger partial charge in [0.2, 0.25) is 0 Å². The minimum atomic E-state index is 0.501. The Bertz CT molecular complexity index is 616. The highest BCUT2D eigenvalue weighted by Gasteiger charge is 2.05. The second-order valence-electron chi connectivity index (χ2n) is 4.50. The van der Waals surface area contributed by atoms with Crippen molar-refractivity contribution in [2.24, 2.45) is 0 Å². The summed E-state index contributed by atoms with van der Waals surface area (Å²) in [5.74, 6) is 0. The van der Waals surface area contributed by atoms with E-state index < -0.39 is 0 Å². The van der Waals surface area contributed by atoms with Crippen LogP contribution < -0.4 is 10.6 Å². The van der Waals surface area contributed by atoms with Crippen molar-refractivity contribution in [2.75, 3.05) is 10.6 Å². The van der Waals surface area contributed by atoms with Crippen LogP contribution in [-0.2, 0) is 0 Å². The summed E-state index contributed by atoms with van der Waals surface area (Å²) >= 11 is 17.2. The molecule has 104 valence electrons. The maximum absolute atomic E-state index is 5.96. The van der Waals surface area contributed by atoms with Gasteiger partial charge in [0.05, 0.1) is 0 Å². The minimum absolute atomic E-state index is 0.501. The van der Waals surface area contributed by atoms with Gasteiger partial charge in [-0.2, -0.15) is 0 Å². The average molecular weight is 325 g/mol. The molecule has 5 heteroatoms. The van der Waals surface area contributed by atoms with Gasteiger partial charge in [0.1, 0.15) is 0 Å². The molecule has 2 N–H and O–H groups in total. The number of para-hydroxylation sites is 1. The van der Waals surface area contributed by atoms with Crippen LogP contribution in [0.5, 0.6) is 0 Å². The van der Waals surface area contributed by atoms with Crippen molar-refractivity contribution in [3.63, 3.8) is 0 Å². The molecule has 0 aliphatic carbocycles. The summed E-state index contributed by atoms with van der Waals surface area (Å²) in [6, 6.07) is 11.3. The highest BCUT2D eigenvalue weighted by Crippen LogP contribution is 2.23. The van der Waals surface area contributed by atoms with E-state index in [9.17, 15) is 0 Å². The summed E-state index contributed by atoms with van der Waals surface area (Å²) in [5.41, 5.74) is 4.04. The molecule has 20 heavy (non-hydrogen) atoms. The average Bonchev–Trinajstić information content (AvgIpc) is 2.32. The molecule has 0 spiro atoms. The summed E-state index contributed by atoms with van der Waals surface area (Å²) in [4.78, 5) is 0. The summed E-state index contributed by atoms with van der Waals surface area (Å²) in [5, 5.41) is 7.91. The fraction of sp³-hybridized carbons (Fsp3) is 0.133. The van der Waals surface area contributed by atoms with Crippen LogP contribution in [0.15, 0.2) is 36.4 Å². The lowest BCUT2D eigenvalue weighted by atomic mass is 10.1. The molecule has 2 aromatic carbocycles. The van der Waals surface area contributed by atoms with Gasteiger partial charge in [-0.3, -0.25) is 0 Å². The van der Waals surface area contributed by atoms with Crippen molar-refractivity contribution >= 4 is 51.9 Å². The molecule has 0 aliphatic heterocycles. The van der Waals surface area contributed by atoms with E-state index in [2.05, 4.69) is 10.6 Å². The van der Waals surface area contributed by atoms with E-state index in [1.165, 1.54) is 0 Å². The number of benzene rings is 2. The zero-order valence-electron chi connectivity index (χ0n) is 11.1. The molecule has 2 rings (SSSR count). The largest absolute Gasteiger partial charge is 0.332 e. The summed E-state index contributed by atoms with van der Waals surface area (Å²) in [7, 11) is 0. The van der Waals surface area contributed by atoms with Crippen LogP contribution in [0.25, 0.3) is 0 Å². The van der Waals surface area contributed by atoms with E-state index in [1.807, 2.05) is 32.0 Å². The maximum atomic E-state index is 5.96. The summed E-state index contributed by atoms with van der Waals surface area (Å²) < 4.78 is 0. The van der Waals surface area contributed by atoms with Crippen LogP contribution in [0.1, 0.15) is 11.1 Å². The van der Waals surface area contributed by atoms with Crippen LogP contribution in [-0.4, -0.2) is 5.11 Å². The lowest BCUT2D eigenvalue weighted by molar-refractivity contribution is 1.37. The monoisotopic (exact) mass is 324 g/mol. The van der Waals surface area contributed by atoms with E-state index in [0.717, 1.165) is 22.5 Å². The molecule has 2 nitrogen and oxygen atoms in total. The van der Waals surface area contributed by atoms with Crippen molar-refractivity contribution < 1.29 is 0 Å². The number of hydrogen-bond donors (Lipinski definition) is 2. The molecular formula is C15H14Cl2N2S. The molecule has 0 saturated carbocycles. The molecule has 0 aromatic heterocycles. The quantitative estimate of drug-likeness (QED) is 0.721. The third-order valence-corrected chi connectivity index (χ3v) is 3.48. The second-order valence-corrected chi connectivity index (χ2v) is 5.79. The fourth-order valence-electron chi connectivity index (χ4n) is 1.91. The molecule has 0 bridgehead atoms. The number of halogens is 2. The first-order chi connectivity index (χ1) is 9.45. The van der Waals surface area contributed by atoms with Crippen LogP contribution >= 0.6 is 35.4 Å². The lowest BCUT2D eigenvalue weighted by Crippen LogP contribution is -2.20. The summed E-state index contributed by atoms with van der Waals surface area (Å²) in [6.07, 6.45) is 0. The van der Waals surface area contributed by atoms with Crippen molar-refractivity contribution in [3.05, 3.63) is 57.6 Å². The van der Waals surface area contributed by atoms with Gasteiger partial charge in [-0.1, -0.05) is 41.4 Å². The molecule has 0 saturated heterocycles. The molecule has 0 amide bonds. The van der Waals surface area contributed by atoms with Crippen LogP contribution in [0.4, 0.5) is 11.4 Å². The molecule has 0 fully saturated rings. The van der Waals surface area contributed by atoms with E-state index in [-0.39, 0.29) is 0 Å². The van der Waals surface area contributed by atoms with E-state index >= 15 is 0 Å². The third-order valence-electron chi connectivity index (χ3n) is 2.84. The highest BCUT2D eigenvalue weighted by atomic mass is 35.5. The van der Waals surface area contributed by atoms with Gasteiger partial charge in [0.15, 0.2) is 5.11 Å². The molecule has 0 atom stereocenters. The van der Waals surface area contributed by atoms with Gasteiger partial charge in [0.25, 0.3) is 0 Å². The first kappa shape index (κ1) is 15.1. The van der Waals surface area contributed by atoms with Crippen molar-refractivity contribution in [3.8, 4) is 0 Å². The number of rotatable bonds is 2. The van der Waals surface area contributed by atoms with Gasteiger partial charge in [-0.25, -0.2) is 0 Å². The van der Waals surface area contributed by atoms with Gasteiger partial charge >= 0.3 is 0 Å². The van der Waals surface area contributed by atoms with Crippen LogP contribution in [0.3, 0.4) is 0 Å². The molecule has 2 aromatic rings. The normalized spacial score (nSPS) is 10.2. The van der Waals surface area contributed by atoms with Gasteiger partial charge in [-0.05, 0) is 55.4 Å². The topological polar surface area (TPSA) is 24.1 Å². The van der Waals surface area contributed by atoms with Gasteiger partial charge in [-0.15, -0.1) is 0 Å². The fourth-order valence-corrected chi connectivity index (χ4v) is 2.66. The number of anilines is 2. The predicted octanol–water partition coefficient (Wildman–Crippen LogP) is 5.42. The van der Waals surface area contributed by atoms with Crippen LogP contribution in [0, 0.1) is 13.8 Å². The standard InChI is InChI=1S/C15H14Cl2N2S/c1-9-4-3-5-10(2)14(9)19-15(20)18-13-7-11(16)6-12(17)8-13/h3-8H,1-2H3,(H2,18,19,20). The van der Waals surface area contributed by atoms with Crippen molar-refractivity contribution in [1.82, 2.24) is 0 Å². The third kappa shape index (κ3) is 3.85. The first-order valence-electron chi connectivity index (χ1n) is 6.06. The first-order valence-corrected chi connectivity index (χ1v) is 7.22. The number of thiocarbonyl (C=S) groups is 1. The van der Waals surface area contributed by atoms with Crippen LogP contribution in [0.2, 0.25) is 10.0 Å². The summed E-state index contributed by atoms with van der Waals surface area (Å²) in [6.45, 7) is 4.07. The Morgan fingerprint density at radius 3 is 2.05 bits per heavy atom. The van der Waals surface area contributed by atoms with E-state index in [1.54, 1.807) is 18.2 Å². The Labute approximate surface area is 134 Å². The molecule has 0 heterocycles. The Morgan fingerprint density at radius 1 is 0.950 bits per heavy atom. The predicted molar refractivity (Wildman–Crippen MR) is 92.2 cm³/mol. The number of hydrogen-bond acceptors (Lipinski definition) is 1. The van der Waals surface area contributed by atoms with Gasteiger partial charge in [0, 0.05) is 21.4 Å². The lowest BCUT2D eigenvalue weighted by Gasteiger charge is -2.15. The molecule has 0 aliphatic rings. The smallest absolute Gasteiger partial charge is 0.175 e. The second kappa shape index (κ2) is 6.44. The maximum Gasteiger partial charge on any atom is 0.175 e. The minimum Gasteiger partial charge on any atom is -0.332 e.